The molecule has 4 rings (SSSR count). The van der Waals surface area contributed by atoms with Crippen LogP contribution in [0.15, 0.2) is 24.3 Å². The molecule has 7 heteroatoms. The maximum atomic E-state index is 12.2. The van der Waals surface area contributed by atoms with Gasteiger partial charge in [-0.05, 0) is 18.6 Å². The quantitative estimate of drug-likeness (QED) is 0.797. The fourth-order valence-electron chi connectivity index (χ4n) is 2.73. The van der Waals surface area contributed by atoms with E-state index in [1.54, 1.807) is 12.1 Å². The van der Waals surface area contributed by atoms with Crippen molar-refractivity contribution in [3.05, 3.63) is 24.3 Å². The Bertz CT molecular complexity index is 656. The van der Waals surface area contributed by atoms with Crippen molar-refractivity contribution in [3.8, 4) is 0 Å². The summed E-state index contributed by atoms with van der Waals surface area (Å²) < 4.78 is 17.5. The van der Waals surface area contributed by atoms with Crippen LogP contribution in [0.25, 0.3) is 11.0 Å². The Morgan fingerprint density at radius 3 is 3.10 bits per heavy atom. The van der Waals surface area contributed by atoms with Gasteiger partial charge in [-0.1, -0.05) is 24.8 Å². The van der Waals surface area contributed by atoms with Crippen LogP contribution in [-0.4, -0.2) is 46.7 Å². The maximum absolute atomic E-state index is 12.2. The van der Waals surface area contributed by atoms with E-state index >= 15 is 0 Å². The molecule has 0 saturated carbocycles. The van der Waals surface area contributed by atoms with E-state index in [-0.39, 0.29) is 25.7 Å². The average molecular weight is 291 g/mol. The Morgan fingerprint density at radius 1 is 1.33 bits per heavy atom. The molecule has 2 aromatic rings. The zero-order valence-corrected chi connectivity index (χ0v) is 10.6. The number of nitrogens with zero attached hydrogens (tertiary/aromatic N) is 3. The second-order valence-electron chi connectivity index (χ2n) is 4.94. The van der Waals surface area contributed by atoms with Crippen LogP contribution in [-0.2, 0) is 14.2 Å². The van der Waals surface area contributed by atoms with E-state index in [9.17, 15) is 4.79 Å². The predicted octanol–water partition coefficient (Wildman–Crippen LogP) is 1.81. The fourth-order valence-corrected chi connectivity index (χ4v) is 2.73. The van der Waals surface area contributed by atoms with Crippen LogP contribution >= 0.6 is 0 Å². The predicted molar refractivity (Wildman–Crippen MR) is 73.7 cm³/mol. The molecule has 0 amide bonds. The van der Waals surface area contributed by atoms with Gasteiger partial charge in [-0.15, -0.1) is 9.78 Å². The van der Waals surface area contributed by atoms with Crippen molar-refractivity contribution < 1.29 is 19.0 Å². The molecule has 1 aromatic heterocycles. The summed E-state index contributed by atoms with van der Waals surface area (Å²) in [4.78, 5) is 12.2. The van der Waals surface area contributed by atoms with Gasteiger partial charge in [-0.25, -0.2) is 4.79 Å². The topological polar surface area (TPSA) is 75.5 Å². The smallest absolute Gasteiger partial charge is 0.437 e. The largest absolute Gasteiger partial charge is 0.442 e. The summed E-state index contributed by atoms with van der Waals surface area (Å²) in [5, 5.41) is 7.78. The molecule has 21 heavy (non-hydrogen) atoms. The molecular formula is C14H17N3O4. The number of para-hydroxylation sites is 1. The first-order chi connectivity index (χ1) is 9.83. The molecule has 1 aromatic carbocycles. The first kappa shape index (κ1) is 14.0. The highest BCUT2D eigenvalue weighted by Gasteiger charge is 2.44. The monoisotopic (exact) mass is 291 g/mol. The Kier molecular flexibility index (Phi) is 3.60. The normalized spacial score (nSPS) is 27.3. The summed E-state index contributed by atoms with van der Waals surface area (Å²) in [6.45, 7) is 1.02. The van der Waals surface area contributed by atoms with Crippen molar-refractivity contribution in [2.45, 2.75) is 26.2 Å². The molecule has 3 heterocycles. The molecule has 0 aliphatic carbocycles. The molecule has 0 radical (unpaired) electrons. The van der Waals surface area contributed by atoms with Gasteiger partial charge in [0.2, 0.25) is 0 Å². The molecule has 2 fully saturated rings. The van der Waals surface area contributed by atoms with Crippen molar-refractivity contribution in [2.75, 3.05) is 13.2 Å². The van der Waals surface area contributed by atoms with Crippen LogP contribution < -0.4 is 0 Å². The summed E-state index contributed by atoms with van der Waals surface area (Å²) in [5.74, 6) is 0.119. The number of aromatic nitrogens is 3. The summed E-state index contributed by atoms with van der Waals surface area (Å²) >= 11 is 0. The van der Waals surface area contributed by atoms with Gasteiger partial charge < -0.3 is 14.2 Å². The van der Waals surface area contributed by atoms with Crippen molar-refractivity contribution in [1.29, 1.82) is 0 Å². The summed E-state index contributed by atoms with van der Waals surface area (Å²) in [7, 11) is 0. The Balaban J connectivity index is 0.00000132. The molecule has 112 valence electrons. The van der Waals surface area contributed by atoms with Gasteiger partial charge in [0.25, 0.3) is 0 Å². The van der Waals surface area contributed by atoms with Gasteiger partial charge in [-0.3, -0.25) is 0 Å². The zero-order chi connectivity index (χ0) is 13.5. The SMILES string of the molecule is C.O=C(O[C@H]1CO[C@H]2OCC[C@H]21)n1nnc2ccccc21. The number of hydrogen-bond acceptors (Lipinski definition) is 6. The number of rotatable bonds is 1. The van der Waals surface area contributed by atoms with Crippen LogP contribution in [0.3, 0.4) is 0 Å². The van der Waals surface area contributed by atoms with Crippen LogP contribution in [0.2, 0.25) is 0 Å². The lowest BCUT2D eigenvalue weighted by Gasteiger charge is -2.15. The van der Waals surface area contributed by atoms with Crippen LogP contribution in [0.4, 0.5) is 4.79 Å². The molecular weight excluding hydrogens is 274 g/mol. The number of carbonyl (C=O) groups is 1. The van der Waals surface area contributed by atoms with Crippen LogP contribution in [0.5, 0.6) is 0 Å². The molecule has 2 aliphatic rings. The number of fused-ring (bicyclic) bond motifs is 2. The first-order valence-corrected chi connectivity index (χ1v) is 6.57. The minimum Gasteiger partial charge on any atom is -0.442 e. The summed E-state index contributed by atoms with van der Waals surface area (Å²) in [5.41, 5.74) is 1.30. The van der Waals surface area contributed by atoms with Crippen molar-refractivity contribution in [2.24, 2.45) is 5.92 Å². The van der Waals surface area contributed by atoms with Gasteiger partial charge in [0.15, 0.2) is 6.29 Å². The van der Waals surface area contributed by atoms with E-state index in [1.807, 2.05) is 12.1 Å². The van der Waals surface area contributed by atoms with Gasteiger partial charge >= 0.3 is 6.09 Å². The number of carbonyl (C=O) groups excluding carboxylic acids is 1. The van der Waals surface area contributed by atoms with Crippen LogP contribution in [0.1, 0.15) is 13.8 Å². The van der Waals surface area contributed by atoms with E-state index in [0.29, 0.717) is 24.2 Å². The summed E-state index contributed by atoms with van der Waals surface area (Å²) in [6.07, 6.45) is -0.195. The zero-order valence-electron chi connectivity index (χ0n) is 10.6. The number of ether oxygens (including phenoxy) is 3. The molecule has 0 bridgehead atoms. The Labute approximate surface area is 121 Å². The third kappa shape index (κ3) is 2.28. The van der Waals surface area contributed by atoms with Gasteiger partial charge in [-0.2, -0.15) is 0 Å². The molecule has 0 unspecified atom stereocenters. The molecule has 2 aliphatic heterocycles. The van der Waals surface area contributed by atoms with Crippen molar-refractivity contribution in [1.82, 2.24) is 15.0 Å². The molecule has 0 spiro atoms. The van der Waals surface area contributed by atoms with E-state index in [1.165, 1.54) is 4.68 Å². The third-order valence-corrected chi connectivity index (χ3v) is 3.76. The van der Waals surface area contributed by atoms with Gasteiger partial charge in [0.05, 0.1) is 19.1 Å². The third-order valence-electron chi connectivity index (χ3n) is 3.76. The molecule has 7 nitrogen and oxygen atoms in total. The standard InChI is InChI=1S/C13H13N3O4.CH4/c17-13(16-10-4-2-1-3-9(10)14-15-16)20-11-7-19-12-8(11)5-6-18-12;/h1-4,8,11-12H,5-7H2;1H4/t8-,11-,12+;/m0./s1. The highest BCUT2D eigenvalue weighted by atomic mass is 16.7. The molecule has 3 atom stereocenters. The summed E-state index contributed by atoms with van der Waals surface area (Å²) in [6, 6.07) is 7.25. The number of benzene rings is 1. The second kappa shape index (κ2) is 5.42. The van der Waals surface area contributed by atoms with Gasteiger partial charge in [0.1, 0.15) is 17.1 Å². The second-order valence-corrected chi connectivity index (χ2v) is 4.94. The Morgan fingerprint density at radius 2 is 2.19 bits per heavy atom. The lowest BCUT2D eigenvalue weighted by molar-refractivity contribution is -0.0907. The highest BCUT2D eigenvalue weighted by Crippen LogP contribution is 2.33. The molecule has 2 saturated heterocycles. The maximum Gasteiger partial charge on any atom is 0.437 e. The van der Waals surface area contributed by atoms with Crippen molar-refractivity contribution in [3.63, 3.8) is 0 Å². The fraction of sp³-hybridized carbons (Fsp3) is 0.500. The van der Waals surface area contributed by atoms with E-state index < -0.39 is 6.09 Å². The number of hydrogen-bond donors (Lipinski definition) is 0. The highest BCUT2D eigenvalue weighted by molar-refractivity contribution is 5.84. The first-order valence-electron chi connectivity index (χ1n) is 6.57. The minimum atomic E-state index is -0.528. The van der Waals surface area contributed by atoms with E-state index in [0.717, 1.165) is 6.42 Å². The Hall–Kier alpha value is -1.99. The molecule has 0 N–H and O–H groups in total. The van der Waals surface area contributed by atoms with E-state index in [2.05, 4.69) is 10.3 Å². The van der Waals surface area contributed by atoms with Gasteiger partial charge in [0, 0.05) is 0 Å². The average Bonchev–Trinajstić information content (AvgIpc) is 3.14. The van der Waals surface area contributed by atoms with Crippen molar-refractivity contribution >= 4 is 17.1 Å². The minimum absolute atomic E-state index is 0. The lowest BCUT2D eigenvalue weighted by Crippen LogP contribution is -2.29. The van der Waals surface area contributed by atoms with E-state index in [4.69, 9.17) is 14.2 Å². The lowest BCUT2D eigenvalue weighted by atomic mass is 10.0. The van der Waals surface area contributed by atoms with Crippen LogP contribution in [0, 0.1) is 5.92 Å².